The van der Waals surface area contributed by atoms with E-state index in [9.17, 15) is 0 Å². The molecule has 7 atom stereocenters. The van der Waals surface area contributed by atoms with E-state index in [2.05, 4.69) is 41.1 Å². The summed E-state index contributed by atoms with van der Waals surface area (Å²) >= 11 is 2.35. The zero-order valence-corrected chi connectivity index (χ0v) is 21.7. The van der Waals surface area contributed by atoms with E-state index in [1.165, 1.54) is 57.8 Å². The lowest BCUT2D eigenvalue weighted by atomic mass is 9.54. The first-order chi connectivity index (χ1) is 14.1. The van der Waals surface area contributed by atoms with Crippen LogP contribution in [0.1, 0.15) is 98.3 Å². The van der Waals surface area contributed by atoms with E-state index in [0.717, 1.165) is 54.8 Å². The van der Waals surface area contributed by atoms with Crippen LogP contribution in [0.4, 0.5) is 0 Å². The van der Waals surface area contributed by atoms with Gasteiger partial charge in [0.2, 0.25) is 0 Å². The van der Waals surface area contributed by atoms with Crippen molar-refractivity contribution in [2.45, 2.75) is 110 Å². The molecule has 4 heteroatoms. The van der Waals surface area contributed by atoms with E-state index in [4.69, 9.17) is 8.92 Å². The summed E-state index contributed by atoms with van der Waals surface area (Å²) in [5.41, 5.74) is 1.58. The van der Waals surface area contributed by atoms with E-state index in [1.807, 2.05) is 7.11 Å². The maximum Gasteiger partial charge on any atom is 0.108 e. The molecule has 30 heavy (non-hydrogen) atoms. The molecule has 174 valence electrons. The number of fused-ring (bicyclic) bond motifs is 5. The van der Waals surface area contributed by atoms with Crippen molar-refractivity contribution in [2.24, 2.45) is 35.5 Å². The number of rotatable bonds is 8. The molecule has 0 aliphatic heterocycles. The Balaban J connectivity index is 0.00000256. The minimum absolute atomic E-state index is 0. The van der Waals surface area contributed by atoms with Gasteiger partial charge >= 0.3 is 0 Å². The number of unbranched alkanes of at least 4 members (excludes halogenated alkanes) is 1. The molecule has 0 heterocycles. The van der Waals surface area contributed by atoms with Gasteiger partial charge < -0.3 is 4.74 Å². The van der Waals surface area contributed by atoms with Gasteiger partial charge in [0.25, 0.3) is 0 Å². The van der Waals surface area contributed by atoms with Gasteiger partial charge in [-0.2, -0.15) is 0 Å². The van der Waals surface area contributed by atoms with Crippen molar-refractivity contribution in [1.82, 2.24) is 0 Å². The molecule has 3 saturated carbocycles. The van der Waals surface area contributed by atoms with E-state index < -0.39 is 0 Å². The second kappa shape index (κ2) is 11.2. The first kappa shape index (κ1) is 25.4. The van der Waals surface area contributed by atoms with Gasteiger partial charge in [-0.05, 0) is 92.4 Å². The molecule has 4 aliphatic rings. The molecule has 2 nitrogen and oxygen atoms in total. The Bertz CT molecular complexity index is 579. The molecule has 0 radical (unpaired) electrons. The fourth-order valence-corrected chi connectivity index (χ4v) is 9.10. The predicted octanol–water partition coefficient (Wildman–Crippen LogP) is 8.79. The molecule has 4 aliphatic carbocycles. The summed E-state index contributed by atoms with van der Waals surface area (Å²) in [6.07, 6.45) is 19.3. The Morgan fingerprint density at radius 2 is 1.90 bits per heavy atom. The quantitative estimate of drug-likeness (QED) is 0.131. The summed E-state index contributed by atoms with van der Waals surface area (Å²) in [6.45, 7) is 4.73. The lowest BCUT2D eigenvalue weighted by Gasteiger charge is -2.55. The fourth-order valence-electron chi connectivity index (χ4n) is 7.71. The Morgan fingerprint density at radius 3 is 2.63 bits per heavy atom. The highest BCUT2D eigenvalue weighted by molar-refractivity contribution is 14.2. The van der Waals surface area contributed by atoms with Crippen LogP contribution in [-0.2, 0) is 8.92 Å². The van der Waals surface area contributed by atoms with Crippen LogP contribution in [0.2, 0.25) is 0 Å². The summed E-state index contributed by atoms with van der Waals surface area (Å²) in [7, 11) is 3.46. The van der Waals surface area contributed by atoms with E-state index in [1.54, 1.807) is 14.8 Å². The Hall–Kier alpha value is 0.740. The maximum absolute atomic E-state index is 6.59. The molecule has 0 aromatic heterocycles. The molecule has 7 unspecified atom stereocenters. The molecule has 0 bridgehead atoms. The van der Waals surface area contributed by atoms with Crippen molar-refractivity contribution in [1.29, 1.82) is 0 Å². The molecule has 4 rings (SSSR count). The third-order valence-corrected chi connectivity index (χ3v) is 9.99. The number of methoxy groups -OCH3 is 1. The van der Waals surface area contributed by atoms with Crippen LogP contribution >= 0.6 is 30.4 Å². The van der Waals surface area contributed by atoms with Crippen LogP contribution in [0.25, 0.3) is 0 Å². The zero-order valence-electron chi connectivity index (χ0n) is 18.7. The van der Waals surface area contributed by atoms with Gasteiger partial charge in [-0.1, -0.05) is 53.0 Å². The lowest BCUT2D eigenvalue weighted by Crippen LogP contribution is -2.54. The molecule has 0 spiro atoms. The highest BCUT2D eigenvalue weighted by atomic mass is 127. The minimum Gasteiger partial charge on any atom is -0.381 e. The SMILES string of the molecule is C.COC1CCC2(OSI)C(=CCC3C4CCC(CCCCC(C)C)C4CCC32)C1. The molecule has 3 fully saturated rings. The monoisotopic (exact) mass is 548 g/mol. The Morgan fingerprint density at radius 1 is 1.10 bits per heavy atom. The van der Waals surface area contributed by atoms with Gasteiger partial charge in [0, 0.05) is 28.3 Å². The van der Waals surface area contributed by atoms with Crippen LogP contribution < -0.4 is 0 Å². The summed E-state index contributed by atoms with van der Waals surface area (Å²) in [4.78, 5) is 0. The molecule has 0 amide bonds. The normalized spacial score (nSPS) is 40.2. The van der Waals surface area contributed by atoms with Gasteiger partial charge in [0.05, 0.1) is 15.3 Å². The third-order valence-electron chi connectivity index (χ3n) is 9.09. The maximum atomic E-state index is 6.59. The topological polar surface area (TPSA) is 18.5 Å². The van der Waals surface area contributed by atoms with E-state index in [0.29, 0.717) is 6.10 Å². The van der Waals surface area contributed by atoms with Crippen molar-refractivity contribution >= 4 is 30.4 Å². The largest absolute Gasteiger partial charge is 0.381 e. The predicted molar refractivity (Wildman–Crippen MR) is 139 cm³/mol. The molecule has 0 aromatic rings. The zero-order chi connectivity index (χ0) is 20.4. The highest BCUT2D eigenvalue weighted by Crippen LogP contribution is 2.61. The van der Waals surface area contributed by atoms with Crippen molar-refractivity contribution < 1.29 is 8.92 Å². The van der Waals surface area contributed by atoms with Gasteiger partial charge in [0.1, 0.15) is 5.60 Å². The molecular weight excluding hydrogens is 503 g/mol. The number of hydrogen-bond donors (Lipinski definition) is 0. The van der Waals surface area contributed by atoms with Gasteiger partial charge in [-0.3, -0.25) is 4.18 Å². The van der Waals surface area contributed by atoms with Crippen LogP contribution in [0.15, 0.2) is 11.6 Å². The van der Waals surface area contributed by atoms with Gasteiger partial charge in [-0.15, -0.1) is 0 Å². The minimum atomic E-state index is 0. The second-order valence-electron chi connectivity index (χ2n) is 10.8. The summed E-state index contributed by atoms with van der Waals surface area (Å²) in [5.74, 6) is 5.44. The number of allylic oxidation sites excluding steroid dienone is 1. The summed E-state index contributed by atoms with van der Waals surface area (Å²) < 4.78 is 12.3. The number of halogens is 1. The molecular formula is C26H45IO2S. The lowest BCUT2D eigenvalue weighted by molar-refractivity contribution is -0.0690. The average molecular weight is 549 g/mol. The molecule has 0 N–H and O–H groups in total. The standard InChI is InChI=1S/C25H41IO2S.CH4/c1-17(2)6-4-5-7-18-8-10-22-21(18)12-13-24-23(22)11-9-19-16-20(27-3)14-15-25(19,24)28-29-26;/h9,17-18,20-24H,4-8,10-16H2,1-3H3;1H4. The van der Waals surface area contributed by atoms with Crippen molar-refractivity contribution in [3.63, 3.8) is 0 Å². The highest BCUT2D eigenvalue weighted by Gasteiger charge is 2.57. The van der Waals surface area contributed by atoms with Crippen molar-refractivity contribution in [3.8, 4) is 0 Å². The number of ether oxygens (including phenoxy) is 1. The van der Waals surface area contributed by atoms with Crippen LogP contribution in [0, 0.1) is 35.5 Å². The second-order valence-corrected chi connectivity index (χ2v) is 12.2. The van der Waals surface area contributed by atoms with Crippen LogP contribution in [-0.4, -0.2) is 18.8 Å². The third kappa shape index (κ3) is 4.97. The van der Waals surface area contributed by atoms with Gasteiger partial charge in [-0.25, -0.2) is 0 Å². The van der Waals surface area contributed by atoms with E-state index in [-0.39, 0.29) is 13.0 Å². The van der Waals surface area contributed by atoms with Crippen molar-refractivity contribution in [2.75, 3.05) is 7.11 Å². The smallest absolute Gasteiger partial charge is 0.108 e. The summed E-state index contributed by atoms with van der Waals surface area (Å²) in [5, 5.41) is 0. The summed E-state index contributed by atoms with van der Waals surface area (Å²) in [6, 6.07) is 0. The van der Waals surface area contributed by atoms with Gasteiger partial charge in [0.15, 0.2) is 0 Å². The average Bonchev–Trinajstić information content (AvgIpc) is 3.14. The van der Waals surface area contributed by atoms with Crippen LogP contribution in [0.3, 0.4) is 0 Å². The molecule has 0 saturated heterocycles. The first-order valence-electron chi connectivity index (χ1n) is 12.3. The van der Waals surface area contributed by atoms with Crippen LogP contribution in [0.5, 0.6) is 0 Å². The first-order valence-corrected chi connectivity index (χ1v) is 15.6. The van der Waals surface area contributed by atoms with E-state index >= 15 is 0 Å². The number of hydrogen-bond acceptors (Lipinski definition) is 3. The molecule has 0 aromatic carbocycles. The Labute approximate surface area is 202 Å². The Kier molecular flexibility index (Phi) is 9.51. The fraction of sp³-hybridized carbons (Fsp3) is 0.923. The van der Waals surface area contributed by atoms with Crippen molar-refractivity contribution in [3.05, 3.63) is 11.6 Å².